The minimum atomic E-state index is 1.21. The minimum Gasteiger partial charge on any atom is -0.234 e. The first kappa shape index (κ1) is 35.2. The Bertz CT molecular complexity index is 590. The van der Waals surface area contributed by atoms with Gasteiger partial charge in [0.2, 0.25) is 0 Å². The van der Waals surface area contributed by atoms with Gasteiger partial charge in [-0.15, -0.1) is 0 Å². The van der Waals surface area contributed by atoms with E-state index in [9.17, 15) is 0 Å². The van der Waals surface area contributed by atoms with Crippen LogP contribution in [-0.4, -0.2) is 4.57 Å². The topological polar surface area (TPSA) is 8.81 Å². The van der Waals surface area contributed by atoms with Crippen LogP contribution in [0.2, 0.25) is 0 Å². The van der Waals surface area contributed by atoms with Crippen LogP contribution in [0.4, 0.5) is 0 Å². The van der Waals surface area contributed by atoms with Crippen LogP contribution < -0.4 is 4.57 Å². The fourth-order valence-electron chi connectivity index (χ4n) is 5.97. The summed E-state index contributed by atoms with van der Waals surface area (Å²) in [5.41, 5.74) is 0. The highest BCUT2D eigenvalue weighted by Gasteiger charge is 2.16. The second kappa shape index (κ2) is 27.8. The van der Waals surface area contributed by atoms with Gasteiger partial charge in [-0.3, -0.25) is 0 Å². The number of nitrogens with zero attached hydrogens (tertiary/aromatic N) is 2. The second-order valence-electron chi connectivity index (χ2n) is 12.3. The maximum Gasteiger partial charge on any atom is 0.256 e. The number of hydrogen-bond acceptors (Lipinski definition) is 0. The Morgan fingerprint density at radius 1 is 0.447 bits per heavy atom. The SMILES string of the molecule is CCCCCCCCCCCCCCCCCCc1n(CCCCCCCCCC)cc[n+]1CCCCC. The Morgan fingerprint density at radius 3 is 1.26 bits per heavy atom. The predicted molar refractivity (Wildman–Crippen MR) is 170 cm³/mol. The highest BCUT2D eigenvalue weighted by molar-refractivity contribution is 4.84. The van der Waals surface area contributed by atoms with Crippen molar-refractivity contribution < 1.29 is 4.57 Å². The van der Waals surface area contributed by atoms with E-state index in [0.717, 1.165) is 0 Å². The zero-order chi connectivity index (χ0) is 27.4. The maximum atomic E-state index is 2.61. The van der Waals surface area contributed by atoms with Gasteiger partial charge in [0.15, 0.2) is 0 Å². The molecule has 2 heteroatoms. The van der Waals surface area contributed by atoms with E-state index in [2.05, 4.69) is 42.3 Å². The molecule has 0 radical (unpaired) electrons. The molecule has 0 unspecified atom stereocenters. The fraction of sp³-hybridized carbons (Fsp3) is 0.917. The Balaban J connectivity index is 2.13. The van der Waals surface area contributed by atoms with Gasteiger partial charge in [-0.1, -0.05) is 162 Å². The van der Waals surface area contributed by atoms with E-state index in [4.69, 9.17) is 0 Å². The summed E-state index contributed by atoms with van der Waals surface area (Å²) in [7, 11) is 0. The fourth-order valence-corrected chi connectivity index (χ4v) is 5.97. The number of aryl methyl sites for hydroxylation is 2. The Labute approximate surface area is 240 Å². The van der Waals surface area contributed by atoms with E-state index in [-0.39, 0.29) is 0 Å². The van der Waals surface area contributed by atoms with E-state index in [1.807, 2.05) is 0 Å². The lowest BCUT2D eigenvalue weighted by molar-refractivity contribution is -0.704. The molecule has 0 aliphatic carbocycles. The summed E-state index contributed by atoms with van der Waals surface area (Å²) in [6.45, 7) is 9.37. The third kappa shape index (κ3) is 20.2. The quantitative estimate of drug-likeness (QED) is 0.0689. The van der Waals surface area contributed by atoms with E-state index >= 15 is 0 Å². The van der Waals surface area contributed by atoms with Gasteiger partial charge >= 0.3 is 0 Å². The molecule has 1 aromatic heterocycles. The van der Waals surface area contributed by atoms with Gasteiger partial charge in [0, 0.05) is 6.42 Å². The first-order valence-corrected chi connectivity index (χ1v) is 17.9. The van der Waals surface area contributed by atoms with Crippen LogP contribution in [-0.2, 0) is 19.5 Å². The largest absolute Gasteiger partial charge is 0.256 e. The van der Waals surface area contributed by atoms with E-state index < -0.39 is 0 Å². The van der Waals surface area contributed by atoms with E-state index in [1.165, 1.54) is 193 Å². The van der Waals surface area contributed by atoms with Crippen molar-refractivity contribution in [1.29, 1.82) is 0 Å². The van der Waals surface area contributed by atoms with Crippen molar-refractivity contribution in [3.8, 4) is 0 Å². The van der Waals surface area contributed by atoms with E-state index in [1.54, 1.807) is 5.82 Å². The summed E-state index contributed by atoms with van der Waals surface area (Å²) in [5.74, 6) is 1.61. The number of unbranched alkanes of at least 4 members (excludes halogenated alkanes) is 24. The molecule has 0 aromatic carbocycles. The van der Waals surface area contributed by atoms with Gasteiger partial charge in [-0.25, -0.2) is 9.13 Å². The van der Waals surface area contributed by atoms with Gasteiger partial charge < -0.3 is 0 Å². The van der Waals surface area contributed by atoms with Crippen molar-refractivity contribution in [2.75, 3.05) is 0 Å². The summed E-state index contributed by atoms with van der Waals surface area (Å²) in [5, 5.41) is 0. The standard InChI is InChI=1S/C36H71N2/c1-4-7-10-12-14-16-17-18-19-20-21-22-23-24-26-28-31-36-37(32-29-9-6-3)34-35-38(36)33-30-27-25-15-13-11-8-5-2/h34-35H,4-33H2,1-3H3/q+1. The Morgan fingerprint density at radius 2 is 0.816 bits per heavy atom. The Hall–Kier alpha value is -0.790. The van der Waals surface area contributed by atoms with Crippen LogP contribution in [0.1, 0.15) is 200 Å². The monoisotopic (exact) mass is 532 g/mol. The summed E-state index contributed by atoms with van der Waals surface area (Å²) >= 11 is 0. The van der Waals surface area contributed by atoms with Crippen molar-refractivity contribution in [2.24, 2.45) is 0 Å². The normalized spacial score (nSPS) is 11.6. The molecule has 0 fully saturated rings. The van der Waals surface area contributed by atoms with Crippen LogP contribution in [0, 0.1) is 0 Å². The molecule has 0 saturated carbocycles. The van der Waals surface area contributed by atoms with Crippen LogP contribution in [0.25, 0.3) is 0 Å². The molecule has 2 nitrogen and oxygen atoms in total. The molecular formula is C36H71N2+. The molecule has 0 amide bonds. The lowest BCUT2D eigenvalue weighted by Crippen LogP contribution is -2.37. The molecule has 38 heavy (non-hydrogen) atoms. The third-order valence-corrected chi connectivity index (χ3v) is 8.60. The molecule has 0 aliphatic heterocycles. The second-order valence-corrected chi connectivity index (χ2v) is 12.3. The molecule has 0 N–H and O–H groups in total. The molecule has 0 bridgehead atoms. The van der Waals surface area contributed by atoms with Gasteiger partial charge in [-0.05, 0) is 32.1 Å². The van der Waals surface area contributed by atoms with Crippen LogP contribution >= 0.6 is 0 Å². The molecule has 224 valence electrons. The Kier molecular flexibility index (Phi) is 25.7. The number of rotatable bonds is 30. The van der Waals surface area contributed by atoms with Gasteiger partial charge in [0.25, 0.3) is 5.82 Å². The molecule has 1 rings (SSSR count). The molecule has 1 heterocycles. The molecule has 1 aromatic rings. The van der Waals surface area contributed by atoms with Crippen molar-refractivity contribution >= 4 is 0 Å². The van der Waals surface area contributed by atoms with Crippen molar-refractivity contribution in [2.45, 2.75) is 214 Å². The number of aromatic nitrogens is 2. The van der Waals surface area contributed by atoms with Gasteiger partial charge in [0.05, 0.1) is 13.1 Å². The third-order valence-electron chi connectivity index (χ3n) is 8.60. The summed E-state index contributed by atoms with van der Waals surface area (Å²) in [6, 6.07) is 0. The number of imidazole rings is 1. The molecule has 0 aliphatic rings. The molecule has 0 atom stereocenters. The highest BCUT2D eigenvalue weighted by atomic mass is 15.1. The molecular weight excluding hydrogens is 460 g/mol. The molecule has 0 saturated heterocycles. The van der Waals surface area contributed by atoms with Gasteiger partial charge in [0.1, 0.15) is 12.4 Å². The summed E-state index contributed by atoms with van der Waals surface area (Å²) < 4.78 is 5.19. The van der Waals surface area contributed by atoms with Crippen LogP contribution in [0.5, 0.6) is 0 Å². The average molecular weight is 532 g/mol. The van der Waals surface area contributed by atoms with Crippen molar-refractivity contribution in [3.63, 3.8) is 0 Å². The van der Waals surface area contributed by atoms with Crippen LogP contribution in [0.3, 0.4) is 0 Å². The smallest absolute Gasteiger partial charge is 0.234 e. The minimum absolute atomic E-state index is 1.21. The average Bonchev–Trinajstić information content (AvgIpc) is 3.31. The summed E-state index contributed by atoms with van der Waals surface area (Å²) in [4.78, 5) is 0. The van der Waals surface area contributed by atoms with E-state index in [0.29, 0.717) is 0 Å². The number of hydrogen-bond donors (Lipinski definition) is 0. The maximum absolute atomic E-state index is 2.61. The zero-order valence-corrected chi connectivity index (χ0v) is 26.8. The molecule has 0 spiro atoms. The zero-order valence-electron chi connectivity index (χ0n) is 26.8. The first-order valence-electron chi connectivity index (χ1n) is 17.9. The van der Waals surface area contributed by atoms with Crippen LogP contribution in [0.15, 0.2) is 12.4 Å². The highest BCUT2D eigenvalue weighted by Crippen LogP contribution is 2.15. The summed E-state index contributed by atoms with van der Waals surface area (Å²) in [6.07, 6.45) is 44.5. The lowest BCUT2D eigenvalue weighted by Gasteiger charge is -2.07. The van der Waals surface area contributed by atoms with Crippen molar-refractivity contribution in [1.82, 2.24) is 4.57 Å². The van der Waals surface area contributed by atoms with Gasteiger partial charge in [-0.2, -0.15) is 0 Å². The first-order chi connectivity index (χ1) is 18.8. The predicted octanol–water partition coefficient (Wildman–Crippen LogP) is 11.9. The lowest BCUT2D eigenvalue weighted by atomic mass is 10.0. The van der Waals surface area contributed by atoms with Crippen molar-refractivity contribution in [3.05, 3.63) is 18.2 Å².